The number of amides is 1. The zero-order valence-electron chi connectivity index (χ0n) is 17.1. The summed E-state index contributed by atoms with van der Waals surface area (Å²) in [6, 6.07) is 18.4. The number of carbonyl (C=O) groups is 1. The number of aryl methyl sites for hydroxylation is 1. The van der Waals surface area contributed by atoms with Gasteiger partial charge < -0.3 is 10.2 Å². The summed E-state index contributed by atoms with van der Waals surface area (Å²) in [5, 5.41) is 3.97. The molecule has 2 heterocycles. The van der Waals surface area contributed by atoms with Crippen molar-refractivity contribution in [2.75, 3.05) is 18.0 Å². The monoisotopic (exact) mass is 418 g/mol. The highest BCUT2D eigenvalue weighted by Gasteiger charge is 2.28. The van der Waals surface area contributed by atoms with Gasteiger partial charge in [0.25, 0.3) is 0 Å². The Labute approximate surface area is 181 Å². The summed E-state index contributed by atoms with van der Waals surface area (Å²) in [4.78, 5) is 25.3. The van der Waals surface area contributed by atoms with E-state index in [1.54, 1.807) is 24.2 Å². The average Bonchev–Trinajstić information content (AvgIpc) is 2.80. The summed E-state index contributed by atoms with van der Waals surface area (Å²) in [5.74, 6) is 0.936. The van der Waals surface area contributed by atoms with E-state index in [2.05, 4.69) is 51.4 Å². The van der Waals surface area contributed by atoms with Crippen molar-refractivity contribution in [3.8, 4) is 0 Å². The van der Waals surface area contributed by atoms with Crippen molar-refractivity contribution >= 4 is 23.5 Å². The fraction of sp³-hybridized carbons (Fsp3) is 0.292. The Balaban J connectivity index is 1.43. The summed E-state index contributed by atoms with van der Waals surface area (Å²) in [6.07, 6.45) is 5.33. The van der Waals surface area contributed by atoms with Crippen LogP contribution >= 0.6 is 11.8 Å². The summed E-state index contributed by atoms with van der Waals surface area (Å²) in [7, 11) is 0. The molecule has 0 saturated carbocycles. The first kappa shape index (κ1) is 20.4. The highest BCUT2D eigenvalue weighted by Crippen LogP contribution is 2.34. The van der Waals surface area contributed by atoms with Gasteiger partial charge >= 0.3 is 0 Å². The van der Waals surface area contributed by atoms with Gasteiger partial charge in [-0.05, 0) is 37.5 Å². The van der Waals surface area contributed by atoms with E-state index in [0.29, 0.717) is 13.1 Å². The molecule has 3 aromatic rings. The van der Waals surface area contributed by atoms with Gasteiger partial charge in [-0.15, -0.1) is 0 Å². The third-order valence-corrected chi connectivity index (χ3v) is 6.27. The number of carbonyl (C=O) groups excluding carboxylic acids is 1. The van der Waals surface area contributed by atoms with Crippen molar-refractivity contribution in [3.05, 3.63) is 78.1 Å². The molecular weight excluding hydrogens is 392 g/mol. The molecule has 1 amide bonds. The number of nitrogens with zero attached hydrogens (tertiary/aromatic N) is 3. The Morgan fingerprint density at radius 2 is 1.87 bits per heavy atom. The van der Waals surface area contributed by atoms with Crippen LogP contribution in [0.3, 0.4) is 0 Å². The first-order valence-corrected chi connectivity index (χ1v) is 11.1. The van der Waals surface area contributed by atoms with Gasteiger partial charge in [-0.25, -0.2) is 9.97 Å². The summed E-state index contributed by atoms with van der Waals surface area (Å²) in [5.41, 5.74) is 2.35. The summed E-state index contributed by atoms with van der Waals surface area (Å²) >= 11 is 1.62. The molecule has 0 radical (unpaired) electrons. The van der Waals surface area contributed by atoms with Gasteiger partial charge in [-0.3, -0.25) is 4.79 Å². The largest absolute Gasteiger partial charge is 0.354 e. The van der Waals surface area contributed by atoms with Crippen LogP contribution in [0.25, 0.3) is 0 Å². The molecule has 1 aliphatic rings. The predicted octanol–water partition coefficient (Wildman–Crippen LogP) is 4.47. The Morgan fingerprint density at radius 3 is 2.67 bits per heavy atom. The number of hydrogen-bond acceptors (Lipinski definition) is 5. The molecule has 6 heteroatoms. The summed E-state index contributed by atoms with van der Waals surface area (Å²) in [6.45, 7) is 4.21. The smallest absolute Gasteiger partial charge is 0.225 e. The molecule has 1 aromatic heterocycles. The van der Waals surface area contributed by atoms with Crippen LogP contribution in [-0.4, -0.2) is 29.0 Å². The van der Waals surface area contributed by atoms with Gasteiger partial charge in [0, 0.05) is 36.9 Å². The second-order valence-electron chi connectivity index (χ2n) is 7.59. The first-order valence-electron chi connectivity index (χ1n) is 10.3. The molecule has 1 fully saturated rings. The van der Waals surface area contributed by atoms with Crippen LogP contribution < -0.4 is 10.2 Å². The van der Waals surface area contributed by atoms with E-state index in [0.717, 1.165) is 40.7 Å². The van der Waals surface area contributed by atoms with Gasteiger partial charge in [0.05, 0.1) is 5.92 Å². The number of rotatable bonds is 6. The molecular formula is C24H26N4OS. The highest BCUT2D eigenvalue weighted by molar-refractivity contribution is 7.99. The van der Waals surface area contributed by atoms with Crippen LogP contribution in [0, 0.1) is 12.8 Å². The van der Waals surface area contributed by atoms with Crippen molar-refractivity contribution in [2.24, 2.45) is 5.92 Å². The van der Waals surface area contributed by atoms with Gasteiger partial charge in [0.2, 0.25) is 5.91 Å². The third kappa shape index (κ3) is 5.19. The van der Waals surface area contributed by atoms with Crippen LogP contribution in [0.5, 0.6) is 0 Å². The number of piperidine rings is 1. The molecule has 5 nitrogen and oxygen atoms in total. The molecule has 2 aromatic carbocycles. The Bertz CT molecular complexity index is 978. The predicted molar refractivity (Wildman–Crippen MR) is 121 cm³/mol. The van der Waals surface area contributed by atoms with Crippen LogP contribution in [0.2, 0.25) is 0 Å². The molecule has 0 bridgehead atoms. The maximum atomic E-state index is 12.8. The zero-order chi connectivity index (χ0) is 20.8. The number of benzene rings is 2. The lowest BCUT2D eigenvalue weighted by molar-refractivity contribution is -0.125. The zero-order valence-corrected chi connectivity index (χ0v) is 17.9. The molecule has 1 unspecified atom stereocenters. The van der Waals surface area contributed by atoms with E-state index in [4.69, 9.17) is 0 Å². The van der Waals surface area contributed by atoms with Gasteiger partial charge in [0.1, 0.15) is 5.03 Å². The molecule has 1 saturated heterocycles. The molecule has 4 rings (SSSR count). The third-order valence-electron chi connectivity index (χ3n) is 5.28. The van der Waals surface area contributed by atoms with E-state index in [9.17, 15) is 4.79 Å². The maximum Gasteiger partial charge on any atom is 0.225 e. The quantitative estimate of drug-likeness (QED) is 0.640. The molecule has 1 atom stereocenters. The number of aromatic nitrogens is 2. The normalized spacial score (nSPS) is 16.3. The molecule has 154 valence electrons. The van der Waals surface area contributed by atoms with Gasteiger partial charge in [-0.2, -0.15) is 0 Å². The van der Waals surface area contributed by atoms with Crippen molar-refractivity contribution in [1.29, 1.82) is 0 Å². The van der Waals surface area contributed by atoms with E-state index in [1.807, 2.05) is 30.3 Å². The van der Waals surface area contributed by atoms with E-state index in [1.165, 1.54) is 5.56 Å². The van der Waals surface area contributed by atoms with Gasteiger partial charge in [-0.1, -0.05) is 59.8 Å². The Hall–Kier alpha value is -2.86. The lowest BCUT2D eigenvalue weighted by Crippen LogP contribution is -2.43. The fourth-order valence-corrected chi connectivity index (χ4v) is 4.52. The second-order valence-corrected chi connectivity index (χ2v) is 8.65. The molecule has 1 aliphatic heterocycles. The van der Waals surface area contributed by atoms with Crippen molar-refractivity contribution in [1.82, 2.24) is 15.3 Å². The molecule has 0 aliphatic carbocycles. The van der Waals surface area contributed by atoms with Crippen molar-refractivity contribution in [2.45, 2.75) is 36.2 Å². The number of anilines is 1. The minimum Gasteiger partial charge on any atom is -0.354 e. The topological polar surface area (TPSA) is 58.1 Å². The SMILES string of the molecule is Cc1ccc(Sc2nccnc2N2CCCC(C(=O)NCc3ccccc3)C2)cc1. The van der Waals surface area contributed by atoms with Crippen LogP contribution in [-0.2, 0) is 11.3 Å². The molecule has 1 N–H and O–H groups in total. The van der Waals surface area contributed by atoms with Crippen molar-refractivity contribution < 1.29 is 4.79 Å². The minimum absolute atomic E-state index is 0.0401. The van der Waals surface area contributed by atoms with Crippen LogP contribution in [0.15, 0.2) is 76.9 Å². The number of hydrogen-bond donors (Lipinski definition) is 1. The summed E-state index contributed by atoms with van der Waals surface area (Å²) < 4.78 is 0. The van der Waals surface area contributed by atoms with Gasteiger partial charge in [0.15, 0.2) is 5.82 Å². The first-order chi connectivity index (χ1) is 14.7. The lowest BCUT2D eigenvalue weighted by atomic mass is 9.97. The fourth-order valence-electron chi connectivity index (χ4n) is 3.64. The molecule has 0 spiro atoms. The lowest BCUT2D eigenvalue weighted by Gasteiger charge is -2.33. The Kier molecular flexibility index (Phi) is 6.64. The standard InChI is InChI=1S/C24H26N4OS/c1-18-9-11-21(12-10-18)30-24-22(25-13-14-26-24)28-15-5-8-20(17-28)23(29)27-16-19-6-3-2-4-7-19/h2-4,6-7,9-14,20H,5,8,15-17H2,1H3,(H,27,29). The maximum absolute atomic E-state index is 12.8. The van der Waals surface area contributed by atoms with Crippen LogP contribution in [0.4, 0.5) is 5.82 Å². The number of nitrogens with one attached hydrogen (secondary N) is 1. The highest BCUT2D eigenvalue weighted by atomic mass is 32.2. The molecule has 30 heavy (non-hydrogen) atoms. The van der Waals surface area contributed by atoms with E-state index >= 15 is 0 Å². The van der Waals surface area contributed by atoms with E-state index in [-0.39, 0.29) is 11.8 Å². The van der Waals surface area contributed by atoms with Crippen molar-refractivity contribution in [3.63, 3.8) is 0 Å². The average molecular weight is 419 g/mol. The van der Waals surface area contributed by atoms with Crippen LogP contribution in [0.1, 0.15) is 24.0 Å². The Morgan fingerprint density at radius 1 is 1.10 bits per heavy atom. The second kappa shape index (κ2) is 9.76. The van der Waals surface area contributed by atoms with E-state index < -0.39 is 0 Å². The minimum atomic E-state index is -0.0401.